The highest BCUT2D eigenvalue weighted by Gasteiger charge is 2.34. The van der Waals surface area contributed by atoms with Gasteiger partial charge < -0.3 is 9.64 Å². The van der Waals surface area contributed by atoms with Gasteiger partial charge in [-0.15, -0.1) is 0 Å². The van der Waals surface area contributed by atoms with E-state index in [1.54, 1.807) is 24.3 Å². The quantitative estimate of drug-likeness (QED) is 0.684. The van der Waals surface area contributed by atoms with E-state index in [9.17, 15) is 26.4 Å². The number of carbonyl (C=O) groups excluding carboxylic acids is 1. The molecule has 0 radical (unpaired) electrons. The Balaban J connectivity index is 1.60. The highest BCUT2D eigenvalue weighted by atomic mass is 35.5. The van der Waals surface area contributed by atoms with Crippen LogP contribution in [0.15, 0.2) is 53.4 Å². The molecule has 1 fully saturated rings. The van der Waals surface area contributed by atoms with E-state index in [1.807, 2.05) is 0 Å². The predicted octanol–water partition coefficient (Wildman–Crippen LogP) is 3.27. The average molecular weight is 463 g/mol. The van der Waals surface area contributed by atoms with Gasteiger partial charge in [0.25, 0.3) is 5.91 Å². The number of halogens is 4. The maximum atomic E-state index is 12.9. The minimum Gasteiger partial charge on any atom is -0.484 e. The number of ether oxygens (including phenoxy) is 1. The van der Waals surface area contributed by atoms with Gasteiger partial charge in [0.1, 0.15) is 5.75 Å². The van der Waals surface area contributed by atoms with Crippen molar-refractivity contribution in [1.29, 1.82) is 0 Å². The molecule has 0 atom stereocenters. The maximum absolute atomic E-state index is 12.9. The molecule has 1 heterocycles. The van der Waals surface area contributed by atoms with Gasteiger partial charge in [-0.3, -0.25) is 4.79 Å². The molecule has 0 unspecified atom stereocenters. The maximum Gasteiger partial charge on any atom is 0.416 e. The number of amides is 1. The highest BCUT2D eigenvalue weighted by Crippen LogP contribution is 2.31. The monoisotopic (exact) mass is 462 g/mol. The molecule has 0 aliphatic carbocycles. The zero-order valence-corrected chi connectivity index (χ0v) is 17.2. The molecule has 1 aliphatic heterocycles. The zero-order chi connectivity index (χ0) is 21.9. The van der Waals surface area contributed by atoms with E-state index in [0.717, 1.165) is 22.5 Å². The molecule has 2 aromatic rings. The van der Waals surface area contributed by atoms with Crippen LogP contribution in [0.25, 0.3) is 0 Å². The number of benzene rings is 2. The van der Waals surface area contributed by atoms with Gasteiger partial charge in [0.15, 0.2) is 6.61 Å². The normalized spacial score (nSPS) is 15.8. The molecular weight excluding hydrogens is 445 g/mol. The number of hydrogen-bond donors (Lipinski definition) is 0. The number of nitrogens with zero attached hydrogens (tertiary/aromatic N) is 2. The number of rotatable bonds is 5. The Labute approximate surface area is 176 Å². The number of hydrogen-bond acceptors (Lipinski definition) is 4. The smallest absolute Gasteiger partial charge is 0.416 e. The summed E-state index contributed by atoms with van der Waals surface area (Å²) in [6.45, 7) is -0.0739. The third-order valence-corrected chi connectivity index (χ3v) is 6.68. The third kappa shape index (κ3) is 5.24. The van der Waals surface area contributed by atoms with Crippen molar-refractivity contribution in [3.63, 3.8) is 0 Å². The van der Waals surface area contributed by atoms with E-state index in [2.05, 4.69) is 0 Å². The van der Waals surface area contributed by atoms with Crippen LogP contribution in [0.5, 0.6) is 5.75 Å². The molecule has 0 N–H and O–H groups in total. The lowest BCUT2D eigenvalue weighted by Crippen LogP contribution is -2.51. The van der Waals surface area contributed by atoms with E-state index in [1.165, 1.54) is 4.90 Å². The number of alkyl halides is 3. The summed E-state index contributed by atoms with van der Waals surface area (Å²) in [5.74, 6) is 0.104. The minimum absolute atomic E-state index is 0.0263. The van der Waals surface area contributed by atoms with E-state index >= 15 is 0 Å². The first-order valence-electron chi connectivity index (χ1n) is 8.91. The molecule has 1 amide bonds. The SMILES string of the molecule is O=C(COc1cccc(Cl)c1)N1CCN(S(=O)(=O)c2cccc(C(F)(F)F)c2)CC1. The summed E-state index contributed by atoms with van der Waals surface area (Å²) in [6, 6.07) is 10.2. The summed E-state index contributed by atoms with van der Waals surface area (Å²) in [5, 5.41) is 0.466. The first-order chi connectivity index (χ1) is 14.1. The van der Waals surface area contributed by atoms with Gasteiger partial charge in [-0.2, -0.15) is 17.5 Å². The average Bonchev–Trinajstić information content (AvgIpc) is 2.71. The summed E-state index contributed by atoms with van der Waals surface area (Å²) in [5.41, 5.74) is -1.03. The topological polar surface area (TPSA) is 66.9 Å². The van der Waals surface area contributed by atoms with Crippen LogP contribution >= 0.6 is 11.6 Å². The van der Waals surface area contributed by atoms with Gasteiger partial charge in [-0.05, 0) is 36.4 Å². The van der Waals surface area contributed by atoms with Crippen LogP contribution in [0.3, 0.4) is 0 Å². The Morgan fingerprint density at radius 3 is 2.33 bits per heavy atom. The molecule has 0 spiro atoms. The summed E-state index contributed by atoms with van der Waals surface area (Å²) >= 11 is 5.85. The molecule has 11 heteroatoms. The van der Waals surface area contributed by atoms with Crippen LogP contribution in [0.2, 0.25) is 5.02 Å². The van der Waals surface area contributed by atoms with Crippen LogP contribution in [0, 0.1) is 0 Å². The molecule has 162 valence electrons. The second-order valence-corrected chi connectivity index (χ2v) is 8.93. The van der Waals surface area contributed by atoms with E-state index in [0.29, 0.717) is 16.8 Å². The summed E-state index contributed by atoms with van der Waals surface area (Å²) < 4.78 is 70.5. The van der Waals surface area contributed by atoms with Crippen molar-refractivity contribution < 1.29 is 31.1 Å². The molecule has 6 nitrogen and oxygen atoms in total. The largest absolute Gasteiger partial charge is 0.484 e. The number of carbonyl (C=O) groups is 1. The molecule has 3 rings (SSSR count). The third-order valence-electron chi connectivity index (χ3n) is 4.55. The second-order valence-electron chi connectivity index (χ2n) is 6.56. The van der Waals surface area contributed by atoms with Crippen molar-refractivity contribution in [2.75, 3.05) is 32.8 Å². The van der Waals surface area contributed by atoms with Gasteiger partial charge in [-0.1, -0.05) is 23.7 Å². The molecule has 2 aromatic carbocycles. The molecule has 0 aromatic heterocycles. The predicted molar refractivity (Wildman–Crippen MR) is 104 cm³/mol. The fraction of sp³-hybridized carbons (Fsp3) is 0.316. The fourth-order valence-corrected chi connectivity index (χ4v) is 4.60. The van der Waals surface area contributed by atoms with Gasteiger partial charge in [0.2, 0.25) is 10.0 Å². The van der Waals surface area contributed by atoms with Gasteiger partial charge >= 0.3 is 6.18 Å². The summed E-state index contributed by atoms with van der Waals surface area (Å²) in [6.07, 6.45) is -4.64. The molecular formula is C19H18ClF3N2O4S. The summed E-state index contributed by atoms with van der Waals surface area (Å²) in [4.78, 5) is 13.3. The minimum atomic E-state index is -4.64. The van der Waals surface area contributed by atoms with Gasteiger partial charge in [0, 0.05) is 31.2 Å². The van der Waals surface area contributed by atoms with Crippen molar-refractivity contribution in [3.05, 3.63) is 59.1 Å². The van der Waals surface area contributed by atoms with Gasteiger partial charge in [-0.25, -0.2) is 8.42 Å². The van der Waals surface area contributed by atoms with Crippen LogP contribution < -0.4 is 4.74 Å². The summed E-state index contributed by atoms with van der Waals surface area (Å²) in [7, 11) is -4.10. The lowest BCUT2D eigenvalue weighted by atomic mass is 10.2. The first-order valence-corrected chi connectivity index (χ1v) is 10.7. The Bertz CT molecular complexity index is 1020. The Morgan fingerprint density at radius 2 is 1.70 bits per heavy atom. The highest BCUT2D eigenvalue weighted by molar-refractivity contribution is 7.89. The van der Waals surface area contributed by atoms with Crippen LogP contribution in [-0.2, 0) is 21.0 Å². The number of sulfonamides is 1. The molecule has 30 heavy (non-hydrogen) atoms. The van der Waals surface area contributed by atoms with Crippen molar-refractivity contribution >= 4 is 27.5 Å². The second kappa shape index (κ2) is 8.83. The molecule has 0 bridgehead atoms. The van der Waals surface area contributed by atoms with Crippen LogP contribution in [-0.4, -0.2) is 56.3 Å². The van der Waals surface area contributed by atoms with E-state index < -0.39 is 26.7 Å². The van der Waals surface area contributed by atoms with Crippen molar-refractivity contribution in [3.8, 4) is 5.75 Å². The standard InChI is InChI=1S/C19H18ClF3N2O4S/c20-15-4-2-5-16(12-15)29-13-18(26)24-7-9-25(10-8-24)30(27,28)17-6-1-3-14(11-17)19(21,22)23/h1-6,11-12H,7-10,13H2. The Hall–Kier alpha value is -2.30. The fourth-order valence-electron chi connectivity index (χ4n) is 2.95. The van der Waals surface area contributed by atoms with Gasteiger partial charge in [0.05, 0.1) is 10.5 Å². The van der Waals surface area contributed by atoms with E-state index in [4.69, 9.17) is 16.3 Å². The van der Waals surface area contributed by atoms with Crippen molar-refractivity contribution in [1.82, 2.24) is 9.21 Å². The lowest BCUT2D eigenvalue weighted by molar-refractivity contribution is -0.138. The van der Waals surface area contributed by atoms with Crippen LogP contribution in [0.4, 0.5) is 13.2 Å². The molecule has 1 aliphatic rings. The van der Waals surface area contributed by atoms with Crippen molar-refractivity contribution in [2.45, 2.75) is 11.1 Å². The first kappa shape index (κ1) is 22.4. The number of piperazine rings is 1. The molecule has 0 saturated carbocycles. The van der Waals surface area contributed by atoms with Crippen LogP contribution in [0.1, 0.15) is 5.56 Å². The van der Waals surface area contributed by atoms with E-state index in [-0.39, 0.29) is 38.7 Å². The Morgan fingerprint density at radius 1 is 1.03 bits per heavy atom. The molecule has 1 saturated heterocycles. The lowest BCUT2D eigenvalue weighted by Gasteiger charge is -2.34. The van der Waals surface area contributed by atoms with Crippen molar-refractivity contribution in [2.24, 2.45) is 0 Å². The Kier molecular flexibility index (Phi) is 6.59. The zero-order valence-electron chi connectivity index (χ0n) is 15.6.